The minimum atomic E-state index is -4.02. The van der Waals surface area contributed by atoms with Crippen LogP contribution in [0.3, 0.4) is 0 Å². The summed E-state index contributed by atoms with van der Waals surface area (Å²) in [6, 6.07) is 33.0. The van der Waals surface area contributed by atoms with Crippen LogP contribution in [0.5, 0.6) is 0 Å². The summed E-state index contributed by atoms with van der Waals surface area (Å²) in [6.07, 6.45) is 9.95. The molecule has 6 heteroatoms. The van der Waals surface area contributed by atoms with E-state index in [1.54, 1.807) is 22.3 Å². The molecule has 0 amide bonds. The molecule has 0 spiro atoms. The number of hydrogen-bond acceptors (Lipinski definition) is 2. The van der Waals surface area contributed by atoms with E-state index in [9.17, 15) is 0 Å². The van der Waals surface area contributed by atoms with Crippen LogP contribution in [-0.2, 0) is 37.7 Å². The molecule has 2 unspecified atom stereocenters. The Labute approximate surface area is 365 Å². The van der Waals surface area contributed by atoms with Gasteiger partial charge in [0.05, 0.1) is 0 Å². The molecule has 2 aliphatic heterocycles. The maximum Gasteiger partial charge on any atom is -0.147 e. The third kappa shape index (κ3) is 7.73. The first-order valence-electron chi connectivity index (χ1n) is 21.5. The molecule has 8 rings (SSSR count). The van der Waals surface area contributed by atoms with E-state index in [0.29, 0.717) is 7.25 Å². The van der Waals surface area contributed by atoms with Crippen molar-refractivity contribution in [1.29, 1.82) is 0 Å². The molecule has 2 fully saturated rings. The molecule has 2 heterocycles. The molecule has 0 radical (unpaired) electrons. The monoisotopic (exact) mass is 912 g/mol. The normalized spacial score (nSPS) is 20.7. The molecule has 0 aromatic heterocycles. The van der Waals surface area contributed by atoms with Gasteiger partial charge in [0.25, 0.3) is 0 Å². The molecular weight excluding hydrogens is 847 g/mol. The fraction of sp³-hybridized carbons (Fsp3) is 0.462. The minimum absolute atomic E-state index is 0. The summed E-state index contributed by atoms with van der Waals surface area (Å²) < 4.78 is 18.6. The number of rotatable bonds is 10. The van der Waals surface area contributed by atoms with Crippen molar-refractivity contribution in [2.45, 2.75) is 108 Å². The summed E-state index contributed by atoms with van der Waals surface area (Å²) in [5.74, 6) is 0. The third-order valence-electron chi connectivity index (χ3n) is 14.5. The van der Waals surface area contributed by atoms with Gasteiger partial charge in [-0.1, -0.05) is 0 Å². The maximum atomic E-state index is 6.02. The van der Waals surface area contributed by atoms with Gasteiger partial charge in [0.1, 0.15) is 0 Å². The molecule has 2 nitrogen and oxygen atoms in total. The van der Waals surface area contributed by atoms with Crippen LogP contribution in [0.25, 0.3) is 34.4 Å². The number of fused-ring (bicyclic) bond motifs is 2. The zero-order chi connectivity index (χ0) is 39.9. The van der Waals surface area contributed by atoms with Crippen LogP contribution < -0.4 is 0 Å². The fourth-order valence-corrected chi connectivity index (χ4v) is 31.0. The summed E-state index contributed by atoms with van der Waals surface area (Å²) in [5, 5.41) is 0. The second-order valence-electron chi connectivity index (χ2n) is 21.5. The van der Waals surface area contributed by atoms with Gasteiger partial charge in [-0.05, 0) is 0 Å². The average molecular weight is 915 g/mol. The maximum absolute atomic E-state index is 6.02. The third-order valence-corrected chi connectivity index (χ3v) is 32.0. The van der Waals surface area contributed by atoms with E-state index in [4.69, 9.17) is 9.47 Å². The summed E-state index contributed by atoms with van der Waals surface area (Å²) in [6.45, 7) is 24.9. The second-order valence-corrected chi connectivity index (χ2v) is 52.0. The van der Waals surface area contributed by atoms with E-state index in [-0.39, 0.29) is 46.5 Å². The number of halogens is 2. The topological polar surface area (TPSA) is 18.5 Å². The standard InChI is InChI=1S/2C25H29O.2CH3.2ClH.H2Si.Zr/c2*1-5-25(16-26-17-25)15-18-13-19-9-8-11-20(22(19)14-18)21-10-6-7-12-23(21)24(2,3)4;;;;;;/h2*6-14H,5,15-17H2,1-4H3;2*1H3;2*1H;1H2;. The van der Waals surface area contributed by atoms with Gasteiger partial charge in [-0.25, -0.2) is 0 Å². The van der Waals surface area contributed by atoms with E-state index in [1.165, 1.54) is 44.5 Å². The zero-order valence-corrected chi connectivity index (χ0v) is 42.4. The fourth-order valence-electron chi connectivity index (χ4n) is 11.4. The quantitative estimate of drug-likeness (QED) is 0.148. The largest absolute Gasteiger partial charge is 0.147 e. The molecule has 2 saturated heterocycles. The Morgan fingerprint density at radius 3 is 1.21 bits per heavy atom. The van der Waals surface area contributed by atoms with Crippen molar-refractivity contribution < 1.29 is 26.9 Å². The van der Waals surface area contributed by atoms with Crippen LogP contribution in [0.4, 0.5) is 0 Å². The molecule has 4 aromatic carbocycles. The Bertz CT molecular complexity index is 2160. The Hall–Kier alpha value is -2.04. The van der Waals surface area contributed by atoms with Crippen molar-refractivity contribution in [3.8, 4) is 22.3 Å². The Morgan fingerprint density at radius 1 is 0.552 bits per heavy atom. The second kappa shape index (κ2) is 16.0. The van der Waals surface area contributed by atoms with Crippen molar-refractivity contribution in [1.82, 2.24) is 0 Å². The zero-order valence-electron chi connectivity index (χ0n) is 36.9. The van der Waals surface area contributed by atoms with Crippen LogP contribution in [0, 0.1) is 10.8 Å². The van der Waals surface area contributed by atoms with Crippen molar-refractivity contribution >= 4 is 43.8 Å². The molecule has 0 saturated carbocycles. The predicted molar refractivity (Wildman–Crippen MR) is 254 cm³/mol. The molecule has 0 N–H and O–H groups in total. The first kappa shape index (κ1) is 45.5. The molecule has 58 heavy (non-hydrogen) atoms. The summed E-state index contributed by atoms with van der Waals surface area (Å²) in [5.41, 5.74) is 18.4. The average Bonchev–Trinajstić information content (AvgIpc) is 3.70. The van der Waals surface area contributed by atoms with Crippen molar-refractivity contribution in [2.24, 2.45) is 10.8 Å². The summed E-state index contributed by atoms with van der Waals surface area (Å²) >= 11 is -4.02. The Kier molecular flexibility index (Phi) is 12.6. The van der Waals surface area contributed by atoms with Crippen LogP contribution in [0.15, 0.2) is 96.1 Å². The minimum Gasteiger partial charge on any atom is -0.147 e. The van der Waals surface area contributed by atoms with Gasteiger partial charge in [-0.3, -0.25) is 0 Å². The first-order valence-corrected chi connectivity index (χ1v) is 35.2. The van der Waals surface area contributed by atoms with E-state index in [1.807, 2.05) is 0 Å². The Morgan fingerprint density at radius 2 is 0.897 bits per heavy atom. The summed E-state index contributed by atoms with van der Waals surface area (Å²) in [7, 11) is 0. The molecule has 4 aromatic rings. The van der Waals surface area contributed by atoms with Gasteiger partial charge < -0.3 is 0 Å². The van der Waals surface area contributed by atoms with Gasteiger partial charge in [-0.15, -0.1) is 24.8 Å². The van der Waals surface area contributed by atoms with Crippen molar-refractivity contribution in [2.75, 3.05) is 26.4 Å². The molecule has 0 bridgehead atoms. The van der Waals surface area contributed by atoms with E-state index in [2.05, 4.69) is 169 Å². The van der Waals surface area contributed by atoms with Crippen molar-refractivity contribution in [3.05, 3.63) is 129 Å². The van der Waals surface area contributed by atoms with Crippen LogP contribution in [-0.4, -0.2) is 33.3 Å². The Balaban J connectivity index is 0.00000283. The number of hydrogen-bond donors (Lipinski definition) is 0. The van der Waals surface area contributed by atoms with Gasteiger partial charge in [0, 0.05) is 0 Å². The van der Waals surface area contributed by atoms with Gasteiger partial charge >= 0.3 is 343 Å². The summed E-state index contributed by atoms with van der Waals surface area (Å²) in [4.78, 5) is 0. The van der Waals surface area contributed by atoms with E-state index >= 15 is 0 Å². The van der Waals surface area contributed by atoms with Crippen LogP contribution >= 0.6 is 24.8 Å². The SMILES string of the molecule is CCC1(CC2=Cc3c(-c4ccccc4C(C)(C)C)cccc3[CH]2[Zr]([CH3])([CH3])(=[SiH2])[CH]2C(CC3(CC)COC3)=Cc3c(-c4ccccc4C(C)(C)C)cccc32)COC1.Cl.Cl. The van der Waals surface area contributed by atoms with Crippen LogP contribution in [0.2, 0.25) is 9.26 Å². The molecule has 2 aliphatic carbocycles. The van der Waals surface area contributed by atoms with Gasteiger partial charge in [0.2, 0.25) is 0 Å². The smallest absolute Gasteiger partial charge is 0.147 e. The van der Waals surface area contributed by atoms with Gasteiger partial charge in [0.15, 0.2) is 0 Å². The first-order chi connectivity index (χ1) is 26.4. The predicted octanol–water partition coefficient (Wildman–Crippen LogP) is 14.0. The molecular formula is C52H68Cl2O2SiZr. The molecule has 310 valence electrons. The van der Waals surface area contributed by atoms with E-state index in [0.717, 1.165) is 52.1 Å². The number of allylic oxidation sites excluding steroid dienone is 2. The number of benzene rings is 4. The number of ether oxygens (including phenoxy) is 2. The van der Waals surface area contributed by atoms with Crippen molar-refractivity contribution in [3.63, 3.8) is 0 Å². The molecule has 4 aliphatic rings. The van der Waals surface area contributed by atoms with E-state index < -0.39 is 17.4 Å². The molecule has 2 atom stereocenters. The van der Waals surface area contributed by atoms with Crippen LogP contribution in [0.1, 0.15) is 122 Å². The van der Waals surface area contributed by atoms with Gasteiger partial charge in [-0.2, -0.15) is 0 Å².